The fraction of sp³-hybridized carbons (Fsp3) is 0.400. The van der Waals surface area contributed by atoms with E-state index in [0.29, 0.717) is 12.6 Å². The van der Waals surface area contributed by atoms with Crippen molar-refractivity contribution in [2.45, 2.75) is 33.0 Å². The summed E-state index contributed by atoms with van der Waals surface area (Å²) in [5.74, 6) is 2.25. The largest absolute Gasteiger partial charge is 0.487 e. The van der Waals surface area contributed by atoms with Crippen molar-refractivity contribution >= 4 is 11.3 Å². The Morgan fingerprint density at radius 2 is 2.19 bits per heavy atom. The molecule has 0 radical (unpaired) electrons. The van der Waals surface area contributed by atoms with Gasteiger partial charge < -0.3 is 19.5 Å². The summed E-state index contributed by atoms with van der Waals surface area (Å²) in [5, 5.41) is 6.46. The summed E-state index contributed by atoms with van der Waals surface area (Å²) < 4.78 is 16.3. The van der Waals surface area contributed by atoms with Gasteiger partial charge in [0.15, 0.2) is 11.5 Å². The second-order valence-corrected chi connectivity index (χ2v) is 6.01. The summed E-state index contributed by atoms with van der Waals surface area (Å²) in [4.78, 5) is 4.54. The number of nitrogens with one attached hydrogen (secondary N) is 1. The average Bonchev–Trinajstić information content (AvgIpc) is 3.11. The summed E-state index contributed by atoms with van der Waals surface area (Å²) in [6.07, 6.45) is 0. The lowest BCUT2D eigenvalue weighted by Gasteiger charge is -2.06. The molecule has 1 N–H and O–H groups in total. The van der Waals surface area contributed by atoms with Gasteiger partial charge in [0, 0.05) is 24.0 Å². The van der Waals surface area contributed by atoms with Gasteiger partial charge in [0.05, 0.1) is 5.69 Å². The van der Waals surface area contributed by atoms with Crippen LogP contribution in [0.15, 0.2) is 23.6 Å². The molecule has 0 saturated carbocycles. The molecule has 0 spiro atoms. The minimum Gasteiger partial charge on any atom is -0.487 e. The Balaban J connectivity index is 1.55. The molecule has 1 aromatic carbocycles. The van der Waals surface area contributed by atoms with E-state index in [-0.39, 0.29) is 6.79 Å². The highest BCUT2D eigenvalue weighted by molar-refractivity contribution is 7.09. The van der Waals surface area contributed by atoms with E-state index in [1.165, 1.54) is 0 Å². The van der Waals surface area contributed by atoms with Crippen LogP contribution in [-0.2, 0) is 13.2 Å². The number of ether oxygens (including phenoxy) is 3. The summed E-state index contributed by atoms with van der Waals surface area (Å²) in [6, 6.07) is 6.04. The molecular weight excluding hydrogens is 288 g/mol. The van der Waals surface area contributed by atoms with Crippen LogP contribution in [0.3, 0.4) is 0 Å². The van der Waals surface area contributed by atoms with Crippen molar-refractivity contribution in [3.05, 3.63) is 34.3 Å². The van der Waals surface area contributed by atoms with Gasteiger partial charge in [-0.15, -0.1) is 11.3 Å². The molecule has 0 atom stereocenters. The maximum absolute atomic E-state index is 5.74. The Morgan fingerprint density at radius 3 is 3.05 bits per heavy atom. The van der Waals surface area contributed by atoms with Crippen LogP contribution in [0.25, 0.3) is 0 Å². The maximum Gasteiger partial charge on any atom is 0.231 e. The van der Waals surface area contributed by atoms with Crippen molar-refractivity contribution in [1.82, 2.24) is 10.3 Å². The molecule has 0 fully saturated rings. The third-order valence-corrected chi connectivity index (χ3v) is 3.89. The van der Waals surface area contributed by atoms with E-state index >= 15 is 0 Å². The summed E-state index contributed by atoms with van der Waals surface area (Å²) in [5.41, 5.74) is 0.943. The van der Waals surface area contributed by atoms with Crippen LogP contribution in [0, 0.1) is 0 Å². The molecule has 112 valence electrons. The smallest absolute Gasteiger partial charge is 0.231 e. The first kappa shape index (κ1) is 14.2. The highest BCUT2D eigenvalue weighted by atomic mass is 32.1. The van der Waals surface area contributed by atoms with E-state index in [4.69, 9.17) is 14.2 Å². The van der Waals surface area contributed by atoms with Crippen LogP contribution < -0.4 is 19.5 Å². The maximum atomic E-state index is 5.74. The Hall–Kier alpha value is -1.79. The third-order valence-electron chi connectivity index (χ3n) is 2.99. The lowest BCUT2D eigenvalue weighted by Crippen LogP contribution is -2.21. The number of thiazole rings is 1. The summed E-state index contributed by atoms with van der Waals surface area (Å²) in [6.45, 7) is 5.77. The molecule has 1 aliphatic heterocycles. The van der Waals surface area contributed by atoms with Gasteiger partial charge in [-0.2, -0.15) is 0 Å². The first-order chi connectivity index (χ1) is 10.2. The van der Waals surface area contributed by atoms with Crippen LogP contribution in [0.4, 0.5) is 0 Å². The van der Waals surface area contributed by atoms with Crippen molar-refractivity contribution in [2.24, 2.45) is 0 Å². The molecule has 1 aliphatic rings. The van der Waals surface area contributed by atoms with Crippen LogP contribution >= 0.6 is 11.3 Å². The molecule has 0 saturated heterocycles. The van der Waals surface area contributed by atoms with Crippen molar-refractivity contribution in [3.63, 3.8) is 0 Å². The predicted molar refractivity (Wildman–Crippen MR) is 81.0 cm³/mol. The molecule has 0 aliphatic carbocycles. The lowest BCUT2D eigenvalue weighted by atomic mass is 10.3. The molecular formula is C15H18N2O3S. The normalized spacial score (nSPS) is 12.9. The number of nitrogens with zero attached hydrogens (tertiary/aromatic N) is 1. The number of rotatable bonds is 6. The third kappa shape index (κ3) is 3.65. The monoisotopic (exact) mass is 306 g/mol. The molecule has 2 heterocycles. The fourth-order valence-electron chi connectivity index (χ4n) is 1.91. The molecule has 3 rings (SSSR count). The van der Waals surface area contributed by atoms with E-state index in [2.05, 4.69) is 24.1 Å². The van der Waals surface area contributed by atoms with Gasteiger partial charge in [0.1, 0.15) is 17.4 Å². The van der Waals surface area contributed by atoms with Gasteiger partial charge in [-0.1, -0.05) is 13.8 Å². The molecule has 0 bridgehead atoms. The number of aromatic nitrogens is 1. The van der Waals surface area contributed by atoms with E-state index in [0.717, 1.165) is 34.5 Å². The Bertz CT molecular complexity index is 613. The van der Waals surface area contributed by atoms with E-state index in [1.54, 1.807) is 11.3 Å². The van der Waals surface area contributed by atoms with Gasteiger partial charge in [0.2, 0.25) is 6.79 Å². The molecule has 2 aromatic rings. The minimum atomic E-state index is 0.275. The van der Waals surface area contributed by atoms with Crippen LogP contribution in [0.2, 0.25) is 0 Å². The molecule has 0 unspecified atom stereocenters. The van der Waals surface area contributed by atoms with Crippen molar-refractivity contribution < 1.29 is 14.2 Å². The highest BCUT2D eigenvalue weighted by Gasteiger charge is 2.14. The first-order valence-corrected chi connectivity index (χ1v) is 7.78. The fourth-order valence-corrected chi connectivity index (χ4v) is 2.64. The second-order valence-electron chi connectivity index (χ2n) is 5.07. The van der Waals surface area contributed by atoms with E-state index < -0.39 is 0 Å². The minimum absolute atomic E-state index is 0.275. The van der Waals surface area contributed by atoms with Gasteiger partial charge in [-0.25, -0.2) is 4.98 Å². The van der Waals surface area contributed by atoms with Crippen LogP contribution in [0.5, 0.6) is 17.2 Å². The SMILES string of the molecule is CC(C)NCc1nc(COc2ccc3c(c2)OCO3)cs1. The molecule has 5 nitrogen and oxygen atoms in total. The topological polar surface area (TPSA) is 52.6 Å². The zero-order chi connectivity index (χ0) is 14.7. The molecule has 0 amide bonds. The van der Waals surface area contributed by atoms with E-state index in [9.17, 15) is 0 Å². The lowest BCUT2D eigenvalue weighted by molar-refractivity contribution is 0.173. The highest BCUT2D eigenvalue weighted by Crippen LogP contribution is 2.35. The molecule has 1 aromatic heterocycles. The Labute approximate surface area is 127 Å². The van der Waals surface area contributed by atoms with Gasteiger partial charge in [-0.05, 0) is 12.1 Å². The van der Waals surface area contributed by atoms with Gasteiger partial charge >= 0.3 is 0 Å². The molecule has 6 heteroatoms. The number of hydrogen-bond acceptors (Lipinski definition) is 6. The van der Waals surface area contributed by atoms with Crippen LogP contribution in [-0.4, -0.2) is 17.8 Å². The Kier molecular flexibility index (Phi) is 4.26. The van der Waals surface area contributed by atoms with Gasteiger partial charge in [0.25, 0.3) is 0 Å². The van der Waals surface area contributed by atoms with Crippen molar-refractivity contribution in [3.8, 4) is 17.2 Å². The summed E-state index contributed by atoms with van der Waals surface area (Å²) in [7, 11) is 0. The quantitative estimate of drug-likeness (QED) is 0.889. The van der Waals surface area contributed by atoms with Crippen molar-refractivity contribution in [2.75, 3.05) is 6.79 Å². The summed E-state index contributed by atoms with van der Waals surface area (Å²) >= 11 is 1.65. The average molecular weight is 306 g/mol. The zero-order valence-electron chi connectivity index (χ0n) is 12.1. The molecule has 21 heavy (non-hydrogen) atoms. The second kappa shape index (κ2) is 6.32. The first-order valence-electron chi connectivity index (χ1n) is 6.90. The number of hydrogen-bond donors (Lipinski definition) is 1. The Morgan fingerprint density at radius 1 is 1.33 bits per heavy atom. The standard InChI is InChI=1S/C15H18N2O3S/c1-10(2)16-6-15-17-11(8-21-15)7-18-12-3-4-13-14(5-12)20-9-19-13/h3-5,8,10,16H,6-7,9H2,1-2H3. The zero-order valence-corrected chi connectivity index (χ0v) is 12.9. The van der Waals surface area contributed by atoms with E-state index in [1.807, 2.05) is 23.6 Å². The van der Waals surface area contributed by atoms with Crippen molar-refractivity contribution in [1.29, 1.82) is 0 Å². The van der Waals surface area contributed by atoms with Crippen LogP contribution in [0.1, 0.15) is 24.5 Å². The number of benzene rings is 1. The number of fused-ring (bicyclic) bond motifs is 1. The predicted octanol–water partition coefficient (Wildman–Crippen LogP) is 2.95. The van der Waals surface area contributed by atoms with Gasteiger partial charge in [-0.3, -0.25) is 0 Å².